The minimum Gasteiger partial charge on any atom is -0.507 e. The first kappa shape index (κ1) is 11.1. The molecule has 3 nitrogen and oxygen atoms in total. The number of ether oxygens (including phenoxy) is 1. The number of rotatable bonds is 3. The second-order valence-electron chi connectivity index (χ2n) is 4.20. The Kier molecular flexibility index (Phi) is 3.57. The Bertz CT molecular complexity index is 367. The SMILES string of the molecule is O=C(CC1CCOCC1)c1ccccc1O. The molecule has 0 bridgehead atoms. The number of hydrogen-bond donors (Lipinski definition) is 1. The maximum atomic E-state index is 11.9. The van der Waals surface area contributed by atoms with Crippen LogP contribution in [0.3, 0.4) is 0 Å². The number of carbonyl (C=O) groups is 1. The van der Waals surface area contributed by atoms with E-state index in [0.29, 0.717) is 17.9 Å². The van der Waals surface area contributed by atoms with Gasteiger partial charge >= 0.3 is 0 Å². The average molecular weight is 220 g/mol. The molecule has 2 rings (SSSR count). The smallest absolute Gasteiger partial charge is 0.166 e. The van der Waals surface area contributed by atoms with E-state index in [9.17, 15) is 9.90 Å². The van der Waals surface area contributed by atoms with Crippen molar-refractivity contribution >= 4 is 5.78 Å². The second kappa shape index (κ2) is 5.12. The van der Waals surface area contributed by atoms with Gasteiger partial charge in [0.05, 0.1) is 5.56 Å². The van der Waals surface area contributed by atoms with Crippen LogP contribution >= 0.6 is 0 Å². The lowest BCUT2D eigenvalue weighted by Gasteiger charge is -2.21. The van der Waals surface area contributed by atoms with Crippen LogP contribution < -0.4 is 0 Å². The van der Waals surface area contributed by atoms with Crippen molar-refractivity contribution in [3.63, 3.8) is 0 Å². The summed E-state index contributed by atoms with van der Waals surface area (Å²) in [7, 11) is 0. The second-order valence-corrected chi connectivity index (χ2v) is 4.20. The molecule has 0 unspecified atom stereocenters. The molecule has 1 aliphatic rings. The topological polar surface area (TPSA) is 46.5 Å². The summed E-state index contributed by atoms with van der Waals surface area (Å²) < 4.78 is 5.25. The molecule has 0 radical (unpaired) electrons. The normalized spacial score (nSPS) is 17.2. The van der Waals surface area contributed by atoms with Crippen LogP contribution in [-0.2, 0) is 4.74 Å². The minimum absolute atomic E-state index is 0.0324. The molecule has 0 aromatic heterocycles. The van der Waals surface area contributed by atoms with Crippen LogP contribution in [0.4, 0.5) is 0 Å². The Morgan fingerprint density at radius 2 is 2.00 bits per heavy atom. The summed E-state index contributed by atoms with van der Waals surface area (Å²) in [5.41, 5.74) is 0.439. The fraction of sp³-hybridized carbons (Fsp3) is 0.462. The Morgan fingerprint density at radius 1 is 1.31 bits per heavy atom. The maximum absolute atomic E-state index is 11.9. The number of benzene rings is 1. The summed E-state index contributed by atoms with van der Waals surface area (Å²) in [4.78, 5) is 11.9. The van der Waals surface area contributed by atoms with E-state index >= 15 is 0 Å². The monoisotopic (exact) mass is 220 g/mol. The summed E-state index contributed by atoms with van der Waals surface area (Å²) >= 11 is 0. The number of hydrogen-bond acceptors (Lipinski definition) is 3. The summed E-state index contributed by atoms with van der Waals surface area (Å²) in [5, 5.41) is 9.56. The quantitative estimate of drug-likeness (QED) is 0.795. The lowest BCUT2D eigenvalue weighted by molar-refractivity contribution is 0.0600. The van der Waals surface area contributed by atoms with Gasteiger partial charge < -0.3 is 9.84 Å². The standard InChI is InChI=1S/C13H16O3/c14-12-4-2-1-3-11(12)13(15)9-10-5-7-16-8-6-10/h1-4,10,14H,5-9H2. The van der Waals surface area contributed by atoms with E-state index in [-0.39, 0.29) is 11.5 Å². The van der Waals surface area contributed by atoms with E-state index in [1.807, 2.05) is 0 Å². The molecule has 0 atom stereocenters. The predicted octanol–water partition coefficient (Wildman–Crippen LogP) is 2.39. The van der Waals surface area contributed by atoms with E-state index in [2.05, 4.69) is 0 Å². The summed E-state index contributed by atoms with van der Waals surface area (Å²) in [6.07, 6.45) is 2.40. The van der Waals surface area contributed by atoms with Gasteiger partial charge in [-0.1, -0.05) is 12.1 Å². The summed E-state index contributed by atoms with van der Waals surface area (Å²) in [6.45, 7) is 1.50. The van der Waals surface area contributed by atoms with Crippen molar-refractivity contribution in [1.29, 1.82) is 0 Å². The minimum atomic E-state index is 0.0324. The molecule has 16 heavy (non-hydrogen) atoms. The van der Waals surface area contributed by atoms with Crippen molar-refractivity contribution in [3.8, 4) is 5.75 Å². The van der Waals surface area contributed by atoms with E-state index < -0.39 is 0 Å². The van der Waals surface area contributed by atoms with Gasteiger partial charge in [0.2, 0.25) is 0 Å². The number of para-hydroxylation sites is 1. The van der Waals surface area contributed by atoms with Crippen molar-refractivity contribution < 1.29 is 14.6 Å². The molecule has 1 saturated heterocycles. The molecule has 0 aliphatic carbocycles. The van der Waals surface area contributed by atoms with E-state index in [1.165, 1.54) is 0 Å². The van der Waals surface area contributed by atoms with Gasteiger partial charge in [0.15, 0.2) is 5.78 Å². The first-order chi connectivity index (χ1) is 7.77. The van der Waals surface area contributed by atoms with Crippen LogP contribution in [0, 0.1) is 5.92 Å². The van der Waals surface area contributed by atoms with Crippen LogP contribution in [0.25, 0.3) is 0 Å². The van der Waals surface area contributed by atoms with Crippen LogP contribution in [0.15, 0.2) is 24.3 Å². The number of ketones is 1. The Morgan fingerprint density at radius 3 is 2.69 bits per heavy atom. The third-order valence-corrected chi connectivity index (χ3v) is 3.02. The van der Waals surface area contributed by atoms with E-state index in [4.69, 9.17) is 4.74 Å². The maximum Gasteiger partial charge on any atom is 0.166 e. The molecule has 0 saturated carbocycles. The highest BCUT2D eigenvalue weighted by molar-refractivity contribution is 5.98. The van der Waals surface area contributed by atoms with Gasteiger partial charge in [0.1, 0.15) is 5.75 Å². The number of phenols is 1. The van der Waals surface area contributed by atoms with Gasteiger partial charge in [-0.25, -0.2) is 0 Å². The van der Waals surface area contributed by atoms with Gasteiger partial charge in [-0.2, -0.15) is 0 Å². The number of Topliss-reactive ketones (excluding diaryl/α,β-unsaturated/α-hetero) is 1. The zero-order chi connectivity index (χ0) is 11.4. The van der Waals surface area contributed by atoms with Gasteiger partial charge in [-0.15, -0.1) is 0 Å². The third kappa shape index (κ3) is 2.61. The number of phenolic OH excluding ortho intramolecular Hbond substituents is 1. The lowest BCUT2D eigenvalue weighted by atomic mass is 9.92. The zero-order valence-electron chi connectivity index (χ0n) is 9.19. The Hall–Kier alpha value is -1.35. The largest absolute Gasteiger partial charge is 0.507 e. The Labute approximate surface area is 95.0 Å². The highest BCUT2D eigenvalue weighted by Gasteiger charge is 2.19. The lowest BCUT2D eigenvalue weighted by Crippen LogP contribution is -2.18. The molecule has 1 fully saturated rings. The molecule has 1 aromatic rings. The third-order valence-electron chi connectivity index (χ3n) is 3.02. The molecule has 0 amide bonds. The molecular weight excluding hydrogens is 204 g/mol. The molecule has 86 valence electrons. The summed E-state index contributed by atoms with van der Waals surface area (Å²) in [5.74, 6) is 0.519. The van der Waals surface area contributed by atoms with Gasteiger partial charge in [-0.05, 0) is 30.9 Å². The van der Waals surface area contributed by atoms with Crippen molar-refractivity contribution in [2.75, 3.05) is 13.2 Å². The van der Waals surface area contributed by atoms with Crippen LogP contribution in [0.1, 0.15) is 29.6 Å². The number of aromatic hydroxyl groups is 1. The van der Waals surface area contributed by atoms with Gasteiger partial charge in [0, 0.05) is 19.6 Å². The molecule has 0 spiro atoms. The fourth-order valence-corrected chi connectivity index (χ4v) is 2.03. The highest BCUT2D eigenvalue weighted by Crippen LogP contribution is 2.24. The molecule has 1 heterocycles. The molecular formula is C13H16O3. The zero-order valence-corrected chi connectivity index (χ0v) is 9.19. The van der Waals surface area contributed by atoms with Gasteiger partial charge in [-0.3, -0.25) is 4.79 Å². The molecule has 1 aliphatic heterocycles. The van der Waals surface area contributed by atoms with Crippen molar-refractivity contribution in [2.24, 2.45) is 5.92 Å². The molecule has 1 N–H and O–H groups in total. The molecule has 3 heteroatoms. The highest BCUT2D eigenvalue weighted by atomic mass is 16.5. The molecule has 1 aromatic carbocycles. The van der Waals surface area contributed by atoms with Crippen molar-refractivity contribution in [2.45, 2.75) is 19.3 Å². The van der Waals surface area contributed by atoms with Crippen LogP contribution in [-0.4, -0.2) is 24.1 Å². The first-order valence-electron chi connectivity index (χ1n) is 5.66. The summed E-state index contributed by atoms with van der Waals surface area (Å²) in [6, 6.07) is 6.73. The van der Waals surface area contributed by atoms with Gasteiger partial charge in [0.25, 0.3) is 0 Å². The predicted molar refractivity (Wildman–Crippen MR) is 60.6 cm³/mol. The number of carbonyl (C=O) groups excluding carboxylic acids is 1. The Balaban J connectivity index is 2.00. The fourth-order valence-electron chi connectivity index (χ4n) is 2.03. The van der Waals surface area contributed by atoms with E-state index in [0.717, 1.165) is 26.1 Å². The van der Waals surface area contributed by atoms with Crippen molar-refractivity contribution in [1.82, 2.24) is 0 Å². The van der Waals surface area contributed by atoms with Crippen LogP contribution in [0.2, 0.25) is 0 Å². The van der Waals surface area contributed by atoms with Crippen LogP contribution in [0.5, 0.6) is 5.75 Å². The average Bonchev–Trinajstić information content (AvgIpc) is 2.31. The van der Waals surface area contributed by atoms with E-state index in [1.54, 1.807) is 24.3 Å². The van der Waals surface area contributed by atoms with Crippen molar-refractivity contribution in [3.05, 3.63) is 29.8 Å². The first-order valence-corrected chi connectivity index (χ1v) is 5.66.